The van der Waals surface area contributed by atoms with Crippen molar-refractivity contribution < 1.29 is 0 Å². The van der Waals surface area contributed by atoms with Crippen LogP contribution in [0.4, 0.5) is 11.6 Å². The van der Waals surface area contributed by atoms with Gasteiger partial charge in [0.05, 0.1) is 0 Å². The van der Waals surface area contributed by atoms with Gasteiger partial charge in [-0.2, -0.15) is 0 Å². The molecule has 2 rings (SSSR count). The van der Waals surface area contributed by atoms with Gasteiger partial charge in [0, 0.05) is 24.7 Å². The molecular formula is C14H24N4. The fourth-order valence-electron chi connectivity index (χ4n) is 2.37. The first-order chi connectivity index (χ1) is 8.44. The second-order valence-corrected chi connectivity index (χ2v) is 6.33. The number of aromatic nitrogens is 2. The number of rotatable bonds is 2. The zero-order valence-corrected chi connectivity index (χ0v) is 11.9. The number of hydrogen-bond acceptors (Lipinski definition) is 4. The van der Waals surface area contributed by atoms with Crippen LogP contribution in [0.1, 0.15) is 40.5 Å². The molecule has 4 nitrogen and oxygen atoms in total. The standard InChI is InChI=1S/C14H24N4/c1-11-6-5-7-18(9-11)13-8-12(15-10-16-13)17-14(2,3)4/h8,10-11H,5-7,9H2,1-4H3,(H,15,16,17). The van der Waals surface area contributed by atoms with Crippen LogP contribution in [-0.2, 0) is 0 Å². The number of piperidine rings is 1. The van der Waals surface area contributed by atoms with Gasteiger partial charge in [-0.1, -0.05) is 6.92 Å². The molecule has 1 fully saturated rings. The molecule has 2 heterocycles. The predicted octanol–water partition coefficient (Wildman–Crippen LogP) is 2.92. The van der Waals surface area contributed by atoms with Crippen molar-refractivity contribution in [2.45, 2.75) is 46.1 Å². The molecule has 1 atom stereocenters. The van der Waals surface area contributed by atoms with Crippen molar-refractivity contribution in [1.29, 1.82) is 0 Å². The molecule has 4 heteroatoms. The molecule has 1 aliphatic rings. The third-order valence-corrected chi connectivity index (χ3v) is 3.14. The number of nitrogens with one attached hydrogen (secondary N) is 1. The lowest BCUT2D eigenvalue weighted by Gasteiger charge is -2.32. The van der Waals surface area contributed by atoms with Gasteiger partial charge < -0.3 is 10.2 Å². The third-order valence-electron chi connectivity index (χ3n) is 3.14. The Morgan fingerprint density at radius 3 is 2.78 bits per heavy atom. The highest BCUT2D eigenvalue weighted by atomic mass is 15.2. The smallest absolute Gasteiger partial charge is 0.134 e. The predicted molar refractivity (Wildman–Crippen MR) is 76.0 cm³/mol. The minimum absolute atomic E-state index is 0.0286. The van der Waals surface area contributed by atoms with Crippen LogP contribution in [0, 0.1) is 5.92 Å². The molecule has 1 aromatic rings. The molecule has 0 saturated carbocycles. The van der Waals surface area contributed by atoms with Gasteiger partial charge in [0.2, 0.25) is 0 Å². The van der Waals surface area contributed by atoms with E-state index in [1.54, 1.807) is 6.33 Å². The quantitative estimate of drug-likeness (QED) is 0.873. The van der Waals surface area contributed by atoms with Crippen molar-refractivity contribution in [3.8, 4) is 0 Å². The first kappa shape index (κ1) is 13.1. The van der Waals surface area contributed by atoms with E-state index in [9.17, 15) is 0 Å². The highest BCUT2D eigenvalue weighted by molar-refractivity contribution is 5.49. The Bertz CT molecular complexity index is 397. The maximum Gasteiger partial charge on any atom is 0.134 e. The summed E-state index contributed by atoms with van der Waals surface area (Å²) in [7, 11) is 0. The molecule has 0 amide bonds. The lowest BCUT2D eigenvalue weighted by Crippen LogP contribution is -2.35. The van der Waals surface area contributed by atoms with Gasteiger partial charge in [-0.3, -0.25) is 0 Å². The summed E-state index contributed by atoms with van der Waals surface area (Å²) in [5.41, 5.74) is 0.0286. The van der Waals surface area contributed by atoms with Crippen molar-refractivity contribution in [3.05, 3.63) is 12.4 Å². The van der Waals surface area contributed by atoms with Crippen molar-refractivity contribution in [3.63, 3.8) is 0 Å². The molecular weight excluding hydrogens is 224 g/mol. The first-order valence-electron chi connectivity index (χ1n) is 6.79. The van der Waals surface area contributed by atoms with Gasteiger partial charge in [0.15, 0.2) is 0 Å². The molecule has 1 unspecified atom stereocenters. The Labute approximate surface area is 110 Å². The number of anilines is 2. The summed E-state index contributed by atoms with van der Waals surface area (Å²) in [6.07, 6.45) is 4.24. The maximum atomic E-state index is 4.40. The Kier molecular flexibility index (Phi) is 3.73. The second kappa shape index (κ2) is 5.12. The van der Waals surface area contributed by atoms with Gasteiger partial charge in [0.1, 0.15) is 18.0 Å². The highest BCUT2D eigenvalue weighted by Gasteiger charge is 2.18. The van der Waals surface area contributed by atoms with Gasteiger partial charge in [-0.15, -0.1) is 0 Å². The Hall–Kier alpha value is -1.32. The van der Waals surface area contributed by atoms with Crippen LogP contribution in [0.5, 0.6) is 0 Å². The molecule has 0 spiro atoms. The molecule has 100 valence electrons. The van der Waals surface area contributed by atoms with Crippen molar-refractivity contribution >= 4 is 11.6 Å². The van der Waals surface area contributed by atoms with E-state index < -0.39 is 0 Å². The molecule has 0 radical (unpaired) electrons. The van der Waals surface area contributed by atoms with E-state index in [1.165, 1.54) is 12.8 Å². The molecule has 0 bridgehead atoms. The minimum atomic E-state index is 0.0286. The van der Waals surface area contributed by atoms with Crippen molar-refractivity contribution in [2.24, 2.45) is 5.92 Å². The lowest BCUT2D eigenvalue weighted by molar-refractivity contribution is 0.444. The van der Waals surface area contributed by atoms with Gasteiger partial charge in [-0.25, -0.2) is 9.97 Å². The van der Waals surface area contributed by atoms with E-state index >= 15 is 0 Å². The van der Waals surface area contributed by atoms with E-state index in [2.05, 4.69) is 53.9 Å². The number of nitrogens with zero attached hydrogens (tertiary/aromatic N) is 3. The SMILES string of the molecule is CC1CCCN(c2cc(NC(C)(C)C)ncn2)C1. The molecule has 1 aliphatic heterocycles. The summed E-state index contributed by atoms with van der Waals surface area (Å²) >= 11 is 0. The van der Waals surface area contributed by atoms with Gasteiger partial charge in [0.25, 0.3) is 0 Å². The summed E-state index contributed by atoms with van der Waals surface area (Å²) < 4.78 is 0. The van der Waals surface area contributed by atoms with Crippen LogP contribution in [-0.4, -0.2) is 28.6 Å². The second-order valence-electron chi connectivity index (χ2n) is 6.33. The van der Waals surface area contributed by atoms with E-state index in [0.717, 1.165) is 30.6 Å². The van der Waals surface area contributed by atoms with Gasteiger partial charge >= 0.3 is 0 Å². The summed E-state index contributed by atoms with van der Waals surface area (Å²) in [4.78, 5) is 11.1. The van der Waals surface area contributed by atoms with E-state index in [4.69, 9.17) is 0 Å². The molecule has 1 saturated heterocycles. The van der Waals surface area contributed by atoms with Gasteiger partial charge in [-0.05, 0) is 39.5 Å². The Morgan fingerprint density at radius 1 is 1.33 bits per heavy atom. The summed E-state index contributed by atoms with van der Waals surface area (Å²) in [6.45, 7) is 10.9. The topological polar surface area (TPSA) is 41.0 Å². The maximum absolute atomic E-state index is 4.40. The zero-order chi connectivity index (χ0) is 13.2. The molecule has 18 heavy (non-hydrogen) atoms. The molecule has 0 aliphatic carbocycles. The first-order valence-corrected chi connectivity index (χ1v) is 6.79. The van der Waals surface area contributed by atoms with E-state index in [0.29, 0.717) is 0 Å². The average Bonchev–Trinajstić information content (AvgIpc) is 2.27. The van der Waals surface area contributed by atoms with E-state index in [1.807, 2.05) is 0 Å². The molecule has 1 N–H and O–H groups in total. The monoisotopic (exact) mass is 248 g/mol. The fraction of sp³-hybridized carbons (Fsp3) is 0.714. The van der Waals surface area contributed by atoms with E-state index in [-0.39, 0.29) is 5.54 Å². The Morgan fingerprint density at radius 2 is 2.11 bits per heavy atom. The summed E-state index contributed by atoms with van der Waals surface area (Å²) in [5, 5.41) is 3.39. The average molecular weight is 248 g/mol. The molecule has 0 aromatic carbocycles. The fourth-order valence-corrected chi connectivity index (χ4v) is 2.37. The highest BCUT2D eigenvalue weighted by Crippen LogP contribution is 2.23. The van der Waals surface area contributed by atoms with Crippen LogP contribution in [0.25, 0.3) is 0 Å². The van der Waals surface area contributed by atoms with Crippen LogP contribution in [0.3, 0.4) is 0 Å². The van der Waals surface area contributed by atoms with Crippen molar-refractivity contribution in [1.82, 2.24) is 9.97 Å². The third kappa shape index (κ3) is 3.59. The lowest BCUT2D eigenvalue weighted by atomic mass is 10.0. The Balaban J connectivity index is 2.11. The van der Waals surface area contributed by atoms with Crippen LogP contribution in [0.2, 0.25) is 0 Å². The largest absolute Gasteiger partial charge is 0.365 e. The zero-order valence-electron chi connectivity index (χ0n) is 11.9. The summed E-state index contributed by atoms with van der Waals surface area (Å²) in [5.74, 6) is 2.71. The minimum Gasteiger partial charge on any atom is -0.365 e. The number of hydrogen-bond donors (Lipinski definition) is 1. The summed E-state index contributed by atoms with van der Waals surface area (Å²) in [6, 6.07) is 2.06. The van der Waals surface area contributed by atoms with Crippen LogP contribution >= 0.6 is 0 Å². The normalized spacial score (nSPS) is 20.9. The van der Waals surface area contributed by atoms with Crippen LogP contribution in [0.15, 0.2) is 12.4 Å². The molecule has 1 aromatic heterocycles. The van der Waals surface area contributed by atoms with Crippen molar-refractivity contribution in [2.75, 3.05) is 23.3 Å². The van der Waals surface area contributed by atoms with Crippen LogP contribution < -0.4 is 10.2 Å².